The van der Waals surface area contributed by atoms with Crippen molar-refractivity contribution in [2.75, 3.05) is 12.9 Å². The summed E-state index contributed by atoms with van der Waals surface area (Å²) in [5, 5.41) is 0. The molecule has 0 saturated heterocycles. The lowest BCUT2D eigenvalue weighted by atomic mass is 10.3. The summed E-state index contributed by atoms with van der Waals surface area (Å²) in [7, 11) is 0. The summed E-state index contributed by atoms with van der Waals surface area (Å²) in [6, 6.07) is 7.49. The Kier molecular flexibility index (Phi) is 4.28. The van der Waals surface area contributed by atoms with E-state index < -0.39 is 0 Å². The van der Waals surface area contributed by atoms with E-state index >= 15 is 0 Å². The molecule has 3 N–H and O–H groups in total. The maximum Gasteiger partial charge on any atom is 0.271 e. The van der Waals surface area contributed by atoms with Gasteiger partial charge in [-0.05, 0) is 30.5 Å². The second-order valence-corrected chi connectivity index (χ2v) is 3.41. The predicted molar refractivity (Wildman–Crippen MR) is 56.0 cm³/mol. The molecule has 5 heteroatoms. The van der Waals surface area contributed by atoms with Crippen molar-refractivity contribution in [1.82, 2.24) is 5.43 Å². The number of benzene rings is 1. The van der Waals surface area contributed by atoms with Crippen LogP contribution in [0.25, 0.3) is 0 Å². The maximum absolute atomic E-state index is 10.7. The van der Waals surface area contributed by atoms with Crippen molar-refractivity contribution >= 4 is 17.7 Å². The van der Waals surface area contributed by atoms with Crippen molar-refractivity contribution < 1.29 is 9.53 Å². The highest BCUT2D eigenvalue weighted by Gasteiger charge is 1.99. The molecular weight excluding hydrogens is 200 g/mol. The minimum absolute atomic E-state index is 0.0604. The maximum atomic E-state index is 10.7. The monoisotopic (exact) mass is 212 g/mol. The van der Waals surface area contributed by atoms with E-state index in [4.69, 9.17) is 10.6 Å². The Hall–Kier alpha value is -1.20. The van der Waals surface area contributed by atoms with Crippen LogP contribution in [0.3, 0.4) is 0 Å². The van der Waals surface area contributed by atoms with E-state index in [9.17, 15) is 4.79 Å². The summed E-state index contributed by atoms with van der Waals surface area (Å²) in [6.07, 6.45) is 2.00. The predicted octanol–water partition coefficient (Wildman–Crippen LogP) is 0.777. The van der Waals surface area contributed by atoms with Crippen molar-refractivity contribution in [3.63, 3.8) is 0 Å². The molecule has 0 saturated carbocycles. The zero-order valence-corrected chi connectivity index (χ0v) is 8.64. The van der Waals surface area contributed by atoms with E-state index in [1.54, 1.807) is 11.8 Å². The second kappa shape index (κ2) is 5.51. The van der Waals surface area contributed by atoms with Gasteiger partial charge < -0.3 is 4.74 Å². The normalized spacial score (nSPS) is 9.57. The first-order valence-corrected chi connectivity index (χ1v) is 5.25. The Morgan fingerprint density at radius 2 is 2.14 bits per heavy atom. The molecule has 0 aliphatic rings. The van der Waals surface area contributed by atoms with Crippen LogP contribution in [0, 0.1) is 0 Å². The van der Waals surface area contributed by atoms with Crippen LogP contribution in [0.15, 0.2) is 29.2 Å². The van der Waals surface area contributed by atoms with Crippen LogP contribution in [-0.2, 0) is 4.79 Å². The lowest BCUT2D eigenvalue weighted by molar-refractivity contribution is -0.123. The lowest BCUT2D eigenvalue weighted by Gasteiger charge is -2.04. The van der Waals surface area contributed by atoms with Gasteiger partial charge in [-0.15, -0.1) is 11.8 Å². The van der Waals surface area contributed by atoms with Crippen molar-refractivity contribution in [2.24, 2.45) is 5.84 Å². The van der Waals surface area contributed by atoms with Crippen LogP contribution in [-0.4, -0.2) is 18.8 Å². The Bertz CT molecular complexity index is 300. The Labute approximate surface area is 86.8 Å². The first-order valence-electron chi connectivity index (χ1n) is 4.02. The van der Waals surface area contributed by atoms with Gasteiger partial charge >= 0.3 is 0 Å². The number of carbonyl (C=O) groups excluding carboxylic acids is 1. The fourth-order valence-electron chi connectivity index (χ4n) is 0.862. The molecule has 0 fully saturated rings. The van der Waals surface area contributed by atoms with Gasteiger partial charge in [0.15, 0.2) is 6.61 Å². The molecule has 1 aromatic rings. The first kappa shape index (κ1) is 10.9. The van der Waals surface area contributed by atoms with Crippen LogP contribution in [0.4, 0.5) is 0 Å². The van der Waals surface area contributed by atoms with E-state index in [-0.39, 0.29) is 12.5 Å². The minimum Gasteiger partial charge on any atom is -0.484 e. The molecular formula is C9H12N2O2S. The van der Waals surface area contributed by atoms with E-state index in [0.717, 1.165) is 4.90 Å². The molecule has 14 heavy (non-hydrogen) atoms. The molecule has 76 valence electrons. The number of ether oxygens (including phenoxy) is 1. The van der Waals surface area contributed by atoms with Crippen molar-refractivity contribution in [3.05, 3.63) is 24.3 Å². The van der Waals surface area contributed by atoms with Gasteiger partial charge in [-0.25, -0.2) is 5.84 Å². The van der Waals surface area contributed by atoms with Gasteiger partial charge in [0.1, 0.15) is 5.75 Å². The summed E-state index contributed by atoms with van der Waals surface area (Å²) in [5.41, 5.74) is 1.99. The highest BCUT2D eigenvalue weighted by Crippen LogP contribution is 2.18. The summed E-state index contributed by atoms with van der Waals surface area (Å²) < 4.78 is 5.16. The van der Waals surface area contributed by atoms with Crippen LogP contribution >= 0.6 is 11.8 Å². The lowest BCUT2D eigenvalue weighted by Crippen LogP contribution is -2.34. The standard InChI is InChI=1S/C9H12N2O2S/c1-14-8-4-2-7(3-5-8)13-6-9(12)11-10/h2-5H,6,10H2,1H3,(H,11,12). The number of rotatable bonds is 4. The second-order valence-electron chi connectivity index (χ2n) is 2.53. The summed E-state index contributed by atoms with van der Waals surface area (Å²) >= 11 is 1.65. The molecule has 1 rings (SSSR count). The fourth-order valence-corrected chi connectivity index (χ4v) is 1.27. The molecule has 0 aromatic heterocycles. The van der Waals surface area contributed by atoms with Crippen molar-refractivity contribution in [3.8, 4) is 5.75 Å². The van der Waals surface area contributed by atoms with Crippen LogP contribution in [0.2, 0.25) is 0 Å². The largest absolute Gasteiger partial charge is 0.484 e. The van der Waals surface area contributed by atoms with Gasteiger partial charge in [0.05, 0.1) is 0 Å². The van der Waals surface area contributed by atoms with Crippen LogP contribution < -0.4 is 16.0 Å². The molecule has 1 aromatic carbocycles. The van der Waals surface area contributed by atoms with Gasteiger partial charge in [0.25, 0.3) is 5.91 Å². The quantitative estimate of drug-likeness (QED) is 0.335. The molecule has 0 radical (unpaired) electrons. The molecule has 0 bridgehead atoms. The number of hydrogen-bond donors (Lipinski definition) is 2. The third-order valence-corrected chi connectivity index (χ3v) is 2.33. The Balaban J connectivity index is 2.47. The van der Waals surface area contributed by atoms with E-state index in [2.05, 4.69) is 0 Å². The number of hydrogen-bond acceptors (Lipinski definition) is 4. The molecule has 0 atom stereocenters. The van der Waals surface area contributed by atoms with Crippen molar-refractivity contribution in [2.45, 2.75) is 4.90 Å². The molecule has 0 heterocycles. The molecule has 1 amide bonds. The topological polar surface area (TPSA) is 64.3 Å². The Morgan fingerprint density at radius 3 is 2.64 bits per heavy atom. The summed E-state index contributed by atoms with van der Waals surface area (Å²) in [5.74, 6) is 5.21. The molecule has 0 aliphatic carbocycles. The van der Waals surface area contributed by atoms with Gasteiger partial charge in [0.2, 0.25) is 0 Å². The third-order valence-electron chi connectivity index (χ3n) is 1.59. The molecule has 4 nitrogen and oxygen atoms in total. The van der Waals surface area contributed by atoms with Gasteiger partial charge in [-0.2, -0.15) is 0 Å². The number of nitrogens with one attached hydrogen (secondary N) is 1. The van der Waals surface area contributed by atoms with Gasteiger partial charge in [-0.1, -0.05) is 0 Å². The summed E-state index contributed by atoms with van der Waals surface area (Å²) in [4.78, 5) is 11.9. The van der Waals surface area contributed by atoms with Gasteiger partial charge in [-0.3, -0.25) is 10.2 Å². The number of carbonyl (C=O) groups is 1. The number of nitrogens with two attached hydrogens (primary N) is 1. The average molecular weight is 212 g/mol. The molecule has 0 unspecified atom stereocenters. The highest BCUT2D eigenvalue weighted by molar-refractivity contribution is 7.98. The zero-order valence-electron chi connectivity index (χ0n) is 7.82. The number of thioether (sulfide) groups is 1. The summed E-state index contributed by atoms with van der Waals surface area (Å²) in [6.45, 7) is -0.0604. The fraction of sp³-hybridized carbons (Fsp3) is 0.222. The smallest absolute Gasteiger partial charge is 0.271 e. The van der Waals surface area contributed by atoms with Crippen LogP contribution in [0.5, 0.6) is 5.75 Å². The van der Waals surface area contributed by atoms with Gasteiger partial charge in [0, 0.05) is 4.90 Å². The SMILES string of the molecule is CSc1ccc(OCC(=O)NN)cc1. The minimum atomic E-state index is -0.348. The molecule has 0 spiro atoms. The average Bonchev–Trinajstić information content (AvgIpc) is 2.26. The van der Waals surface area contributed by atoms with Crippen LogP contribution in [0.1, 0.15) is 0 Å². The third kappa shape index (κ3) is 3.27. The number of amides is 1. The number of hydrazine groups is 1. The van der Waals surface area contributed by atoms with Crippen molar-refractivity contribution in [1.29, 1.82) is 0 Å². The Morgan fingerprint density at radius 1 is 1.50 bits per heavy atom. The van der Waals surface area contributed by atoms with E-state index in [0.29, 0.717) is 5.75 Å². The van der Waals surface area contributed by atoms with E-state index in [1.165, 1.54) is 0 Å². The highest BCUT2D eigenvalue weighted by atomic mass is 32.2. The van der Waals surface area contributed by atoms with E-state index in [1.807, 2.05) is 35.9 Å². The zero-order chi connectivity index (χ0) is 10.4. The molecule has 0 aliphatic heterocycles. The first-order chi connectivity index (χ1) is 6.76.